The summed E-state index contributed by atoms with van der Waals surface area (Å²) in [6.45, 7) is 7.10. The van der Waals surface area contributed by atoms with Crippen molar-refractivity contribution in [2.45, 2.75) is 32.4 Å². The number of carbonyl (C=O) groups is 1. The molecule has 0 N–H and O–H groups in total. The van der Waals surface area contributed by atoms with E-state index in [1.807, 2.05) is 0 Å². The third-order valence-electron chi connectivity index (χ3n) is 6.47. The van der Waals surface area contributed by atoms with Crippen LogP contribution in [0.5, 0.6) is 0 Å². The number of piperidine rings is 1. The molecule has 0 saturated carbocycles. The number of alkyl halides is 3. The molecule has 2 saturated heterocycles. The summed E-state index contributed by atoms with van der Waals surface area (Å²) in [6.07, 6.45) is -0.976. The van der Waals surface area contributed by atoms with Gasteiger partial charge in [0.05, 0.1) is 30.7 Å². The van der Waals surface area contributed by atoms with E-state index in [4.69, 9.17) is 4.74 Å². The molecule has 4 rings (SSSR count). The molecule has 2 aromatic rings. The van der Waals surface area contributed by atoms with Crippen LogP contribution in [0.25, 0.3) is 5.69 Å². The fraction of sp³-hybridized carbons (Fsp3) is 0.565. The summed E-state index contributed by atoms with van der Waals surface area (Å²) in [5.74, 6) is -0.109. The Morgan fingerprint density at radius 3 is 2.47 bits per heavy atom. The van der Waals surface area contributed by atoms with Crippen LogP contribution in [0.3, 0.4) is 0 Å². The first-order valence-corrected chi connectivity index (χ1v) is 11.1. The van der Waals surface area contributed by atoms with Gasteiger partial charge >= 0.3 is 6.18 Å². The number of benzene rings is 1. The number of morpholine rings is 1. The zero-order valence-electron chi connectivity index (χ0n) is 18.3. The monoisotopic (exact) mass is 450 g/mol. The van der Waals surface area contributed by atoms with Crippen molar-refractivity contribution >= 4 is 5.91 Å². The van der Waals surface area contributed by atoms with Gasteiger partial charge in [-0.05, 0) is 50.3 Å². The van der Waals surface area contributed by atoms with E-state index in [1.165, 1.54) is 0 Å². The molecule has 0 radical (unpaired) electrons. The molecule has 1 aromatic carbocycles. The highest BCUT2D eigenvalue weighted by molar-refractivity contribution is 5.95. The Balaban J connectivity index is 1.44. The summed E-state index contributed by atoms with van der Waals surface area (Å²) >= 11 is 0. The lowest BCUT2D eigenvalue weighted by molar-refractivity contribution is -0.143. The lowest BCUT2D eigenvalue weighted by Crippen LogP contribution is -2.41. The second-order valence-corrected chi connectivity index (χ2v) is 8.58. The van der Waals surface area contributed by atoms with E-state index < -0.39 is 17.8 Å². The summed E-state index contributed by atoms with van der Waals surface area (Å²) in [5, 5.41) is 3.96. The van der Waals surface area contributed by atoms with Gasteiger partial charge in [0.15, 0.2) is 5.69 Å². The Labute approximate surface area is 185 Å². The van der Waals surface area contributed by atoms with Crippen molar-refractivity contribution in [1.29, 1.82) is 0 Å². The zero-order valence-corrected chi connectivity index (χ0v) is 18.3. The summed E-state index contributed by atoms with van der Waals surface area (Å²) in [6, 6.07) is 6.71. The third kappa shape index (κ3) is 4.99. The molecule has 2 fully saturated rings. The number of aryl methyl sites for hydroxylation is 1. The Morgan fingerprint density at radius 2 is 1.81 bits per heavy atom. The van der Waals surface area contributed by atoms with Crippen LogP contribution in [-0.2, 0) is 10.9 Å². The van der Waals surface area contributed by atoms with Gasteiger partial charge in [-0.2, -0.15) is 18.3 Å². The number of rotatable bonds is 5. The smallest absolute Gasteiger partial charge is 0.379 e. The molecule has 6 nitrogen and oxygen atoms in total. The van der Waals surface area contributed by atoms with Gasteiger partial charge in [-0.15, -0.1) is 0 Å². The maximum absolute atomic E-state index is 14.0. The molecule has 2 aliphatic rings. The maximum Gasteiger partial charge on any atom is 0.434 e. The number of para-hydroxylation sites is 1. The van der Waals surface area contributed by atoms with Gasteiger partial charge in [0.25, 0.3) is 5.91 Å². The van der Waals surface area contributed by atoms with Crippen molar-refractivity contribution in [2.75, 3.05) is 45.9 Å². The average molecular weight is 451 g/mol. The van der Waals surface area contributed by atoms with Gasteiger partial charge in [-0.3, -0.25) is 9.69 Å². The van der Waals surface area contributed by atoms with E-state index in [0.29, 0.717) is 30.3 Å². The lowest BCUT2D eigenvalue weighted by atomic mass is 9.93. The molecule has 0 aliphatic carbocycles. The van der Waals surface area contributed by atoms with Gasteiger partial charge in [0.1, 0.15) is 0 Å². The first-order chi connectivity index (χ1) is 15.3. The molecule has 3 heterocycles. The zero-order chi connectivity index (χ0) is 22.7. The summed E-state index contributed by atoms with van der Waals surface area (Å²) in [4.78, 5) is 17.0. The highest BCUT2D eigenvalue weighted by Crippen LogP contribution is 2.35. The summed E-state index contributed by atoms with van der Waals surface area (Å²) < 4.78 is 48.2. The number of hydrogen-bond donors (Lipinski definition) is 0. The van der Waals surface area contributed by atoms with Gasteiger partial charge < -0.3 is 9.64 Å². The standard InChI is InChI=1S/C23H29F3N4O2/c1-17-4-2-3-5-20(17)30-21(23(24,25)26)19(16-27-30)22(31)29-10-7-18(8-11-29)6-9-28-12-14-32-15-13-28/h2-5,16,18H,6-15H2,1H3. The fourth-order valence-corrected chi connectivity index (χ4v) is 4.55. The van der Waals surface area contributed by atoms with E-state index in [2.05, 4.69) is 10.00 Å². The quantitative estimate of drug-likeness (QED) is 0.696. The molecule has 174 valence electrons. The van der Waals surface area contributed by atoms with E-state index in [0.717, 1.165) is 63.0 Å². The van der Waals surface area contributed by atoms with Crippen LogP contribution in [0.4, 0.5) is 13.2 Å². The number of likely N-dealkylation sites (tertiary alicyclic amines) is 1. The number of amides is 1. The van der Waals surface area contributed by atoms with Gasteiger partial charge in [0.2, 0.25) is 0 Å². The molecule has 32 heavy (non-hydrogen) atoms. The van der Waals surface area contributed by atoms with Crippen molar-refractivity contribution in [2.24, 2.45) is 5.92 Å². The highest BCUT2D eigenvalue weighted by Gasteiger charge is 2.42. The van der Waals surface area contributed by atoms with E-state index in [1.54, 1.807) is 36.1 Å². The number of ether oxygens (including phenoxy) is 1. The Morgan fingerprint density at radius 1 is 1.12 bits per heavy atom. The topological polar surface area (TPSA) is 50.6 Å². The number of aromatic nitrogens is 2. The molecule has 1 amide bonds. The largest absolute Gasteiger partial charge is 0.434 e. The van der Waals surface area contributed by atoms with Crippen LogP contribution in [0.1, 0.15) is 40.9 Å². The highest BCUT2D eigenvalue weighted by atomic mass is 19.4. The van der Waals surface area contributed by atoms with Crippen molar-refractivity contribution in [3.05, 3.63) is 47.3 Å². The fourth-order valence-electron chi connectivity index (χ4n) is 4.55. The van der Waals surface area contributed by atoms with Crippen molar-refractivity contribution in [3.8, 4) is 5.69 Å². The molecular weight excluding hydrogens is 421 g/mol. The van der Waals surface area contributed by atoms with Crippen molar-refractivity contribution in [1.82, 2.24) is 19.6 Å². The third-order valence-corrected chi connectivity index (χ3v) is 6.47. The van der Waals surface area contributed by atoms with E-state index >= 15 is 0 Å². The van der Waals surface area contributed by atoms with Gasteiger partial charge in [0, 0.05) is 26.2 Å². The summed E-state index contributed by atoms with van der Waals surface area (Å²) in [7, 11) is 0. The normalized spacial score (nSPS) is 18.8. The van der Waals surface area contributed by atoms with Crippen LogP contribution in [0.15, 0.2) is 30.5 Å². The van der Waals surface area contributed by atoms with E-state index in [-0.39, 0.29) is 5.56 Å². The van der Waals surface area contributed by atoms with E-state index in [9.17, 15) is 18.0 Å². The second-order valence-electron chi connectivity index (χ2n) is 8.58. The second kappa shape index (κ2) is 9.62. The Bertz CT molecular complexity index is 930. The Hall–Kier alpha value is -2.39. The first kappa shape index (κ1) is 22.8. The van der Waals surface area contributed by atoms with Gasteiger partial charge in [-0.25, -0.2) is 4.68 Å². The SMILES string of the molecule is Cc1ccccc1-n1ncc(C(=O)N2CCC(CCN3CCOCC3)CC2)c1C(F)(F)F. The maximum atomic E-state index is 14.0. The summed E-state index contributed by atoms with van der Waals surface area (Å²) in [5.41, 5.74) is -0.416. The number of nitrogens with zero attached hydrogens (tertiary/aromatic N) is 4. The first-order valence-electron chi connectivity index (χ1n) is 11.1. The molecule has 0 bridgehead atoms. The lowest BCUT2D eigenvalue weighted by Gasteiger charge is -2.34. The predicted octanol–water partition coefficient (Wildman–Crippen LogP) is 3.77. The van der Waals surface area contributed by atoms with Crippen LogP contribution < -0.4 is 0 Å². The van der Waals surface area contributed by atoms with Gasteiger partial charge in [-0.1, -0.05) is 18.2 Å². The molecule has 2 aliphatic heterocycles. The number of carbonyl (C=O) groups excluding carboxylic acids is 1. The molecule has 1 aromatic heterocycles. The molecular formula is C23H29F3N4O2. The molecule has 9 heteroatoms. The predicted molar refractivity (Wildman–Crippen MR) is 114 cm³/mol. The number of hydrogen-bond acceptors (Lipinski definition) is 4. The Kier molecular flexibility index (Phi) is 6.85. The van der Waals surface area contributed by atoms with Crippen LogP contribution >= 0.6 is 0 Å². The van der Waals surface area contributed by atoms with Crippen LogP contribution in [-0.4, -0.2) is 71.4 Å². The molecule has 0 spiro atoms. The van der Waals surface area contributed by atoms with Crippen molar-refractivity contribution in [3.63, 3.8) is 0 Å². The van der Waals surface area contributed by atoms with Crippen LogP contribution in [0, 0.1) is 12.8 Å². The average Bonchev–Trinajstić information content (AvgIpc) is 3.24. The minimum absolute atomic E-state index is 0.320. The molecule has 0 unspecified atom stereocenters. The molecule has 0 atom stereocenters. The number of halogens is 3. The minimum Gasteiger partial charge on any atom is -0.379 e. The van der Waals surface area contributed by atoms with Crippen molar-refractivity contribution < 1.29 is 22.7 Å². The van der Waals surface area contributed by atoms with Crippen LogP contribution in [0.2, 0.25) is 0 Å². The minimum atomic E-state index is -4.69.